The van der Waals surface area contributed by atoms with Gasteiger partial charge in [-0.1, -0.05) is 11.6 Å². The van der Waals surface area contributed by atoms with E-state index in [0.717, 1.165) is 4.57 Å². The molecule has 2 N–H and O–H groups in total. The Balaban J connectivity index is 1.86. The molecule has 0 spiro atoms. The van der Waals surface area contributed by atoms with E-state index in [-0.39, 0.29) is 27.8 Å². The lowest BCUT2D eigenvalue weighted by atomic mass is 10.2. The number of methoxy groups -OCH3 is 1. The summed E-state index contributed by atoms with van der Waals surface area (Å²) in [6.07, 6.45) is 0. The summed E-state index contributed by atoms with van der Waals surface area (Å²) in [4.78, 5) is 42.3. The summed E-state index contributed by atoms with van der Waals surface area (Å²) < 4.78 is 47.9. The molecule has 4 aromatic rings. The lowest BCUT2D eigenvalue weighted by Gasteiger charge is -2.17. The third-order valence-electron chi connectivity index (χ3n) is 5.29. The van der Waals surface area contributed by atoms with Crippen molar-refractivity contribution in [2.75, 3.05) is 12.4 Å². The first-order chi connectivity index (χ1) is 17.6. The molecule has 14 heteroatoms. The fraction of sp³-hybridized carbons (Fsp3) is 0.174. The molecule has 0 unspecified atom stereocenters. The van der Waals surface area contributed by atoms with Crippen molar-refractivity contribution in [2.24, 2.45) is 0 Å². The average molecular weight is 535 g/mol. The Kier molecular flexibility index (Phi) is 7.16. The third-order valence-corrected chi connectivity index (χ3v) is 5.61. The molecule has 0 radical (unpaired) electrons. The fourth-order valence-corrected chi connectivity index (χ4v) is 3.70. The molecule has 4 rings (SSSR count). The predicted octanol–water partition coefficient (Wildman–Crippen LogP) is 2.72. The van der Waals surface area contributed by atoms with Crippen LogP contribution in [0.25, 0.3) is 0 Å². The Morgan fingerprint density at radius 3 is 2.38 bits per heavy atom. The topological polar surface area (TPSA) is 124 Å². The normalized spacial score (nSPS) is 11.0. The van der Waals surface area contributed by atoms with Gasteiger partial charge in [0.05, 0.1) is 36.6 Å². The van der Waals surface area contributed by atoms with E-state index >= 15 is 0 Å². The second-order valence-corrected chi connectivity index (χ2v) is 8.29. The van der Waals surface area contributed by atoms with Crippen LogP contribution in [-0.2, 0) is 13.1 Å². The van der Waals surface area contributed by atoms with Crippen molar-refractivity contribution < 1.29 is 17.9 Å². The first-order valence-corrected chi connectivity index (χ1v) is 11.0. The number of nitrogens with zero attached hydrogens (tertiary/aromatic N) is 4. The molecule has 10 nitrogen and oxygen atoms in total. The van der Waals surface area contributed by atoms with Gasteiger partial charge in [0.25, 0.3) is 5.56 Å². The molecule has 2 aromatic heterocycles. The molecule has 0 amide bonds. The molecule has 0 aliphatic rings. The van der Waals surface area contributed by atoms with E-state index < -0.39 is 47.5 Å². The predicted molar refractivity (Wildman–Crippen MR) is 128 cm³/mol. The van der Waals surface area contributed by atoms with Crippen LogP contribution in [-0.4, -0.2) is 31.4 Å². The first-order valence-electron chi connectivity index (χ1n) is 10.6. The smallest absolute Gasteiger partial charge is 0.355 e. The Bertz CT molecular complexity index is 1660. The Hall–Kier alpha value is -4.39. The highest BCUT2D eigenvalue weighted by atomic mass is 35.5. The number of nitrogens with one attached hydrogen (secondary N) is 2. The van der Waals surface area contributed by atoms with E-state index in [4.69, 9.17) is 16.3 Å². The molecule has 0 atom stereocenters. The van der Waals surface area contributed by atoms with Crippen molar-refractivity contribution in [1.29, 1.82) is 0 Å². The third kappa shape index (κ3) is 5.40. The number of H-pyrrole nitrogens is 1. The number of aromatic nitrogens is 5. The van der Waals surface area contributed by atoms with E-state index in [1.807, 2.05) is 0 Å². The van der Waals surface area contributed by atoms with Gasteiger partial charge in [-0.25, -0.2) is 32.4 Å². The largest absolute Gasteiger partial charge is 0.497 e. The SMILES string of the molecule is COc1ccc(Nc2nc(=O)n(Cc3cc(C)n[nH]c3=O)c(=O)n2Cc2cc(F)c(F)c(F)c2)c(Cl)c1. The van der Waals surface area contributed by atoms with Crippen molar-refractivity contribution in [3.05, 3.63) is 107 Å². The molecule has 0 saturated carbocycles. The van der Waals surface area contributed by atoms with Gasteiger partial charge in [0, 0.05) is 11.6 Å². The summed E-state index contributed by atoms with van der Waals surface area (Å²) in [6.45, 7) is 0.628. The lowest BCUT2D eigenvalue weighted by molar-refractivity contribution is 0.415. The number of rotatable bonds is 7. The van der Waals surface area contributed by atoms with Crippen LogP contribution in [0.5, 0.6) is 5.75 Å². The number of hydrogen-bond donors (Lipinski definition) is 2. The van der Waals surface area contributed by atoms with E-state index in [2.05, 4.69) is 20.5 Å². The zero-order valence-corrected chi connectivity index (χ0v) is 20.1. The van der Waals surface area contributed by atoms with Crippen LogP contribution in [0.4, 0.5) is 24.8 Å². The monoisotopic (exact) mass is 534 g/mol. The van der Waals surface area contributed by atoms with Crippen LogP contribution >= 0.6 is 11.6 Å². The maximum atomic E-state index is 13.9. The minimum atomic E-state index is -1.67. The molecular formula is C23H18ClF3N6O4. The number of hydrogen-bond acceptors (Lipinski definition) is 7. The van der Waals surface area contributed by atoms with Gasteiger partial charge in [-0.05, 0) is 42.8 Å². The second kappa shape index (κ2) is 10.3. The van der Waals surface area contributed by atoms with E-state index in [1.165, 1.54) is 25.3 Å². The molecule has 0 aliphatic carbocycles. The zero-order chi connectivity index (χ0) is 26.9. The molecule has 0 fully saturated rings. The number of ether oxygens (including phenoxy) is 1. The summed E-state index contributed by atoms with van der Waals surface area (Å²) in [5.41, 5.74) is -2.02. The van der Waals surface area contributed by atoms with Crippen LogP contribution < -0.4 is 27.0 Å². The van der Waals surface area contributed by atoms with Gasteiger partial charge in [-0.3, -0.25) is 9.36 Å². The van der Waals surface area contributed by atoms with E-state index in [9.17, 15) is 27.6 Å². The maximum absolute atomic E-state index is 13.9. The molecule has 37 heavy (non-hydrogen) atoms. The van der Waals surface area contributed by atoms with Crippen LogP contribution in [0.1, 0.15) is 16.8 Å². The molecular weight excluding hydrogens is 517 g/mol. The quantitative estimate of drug-likeness (QED) is 0.349. The molecule has 0 aliphatic heterocycles. The van der Waals surface area contributed by atoms with Crippen molar-refractivity contribution in [2.45, 2.75) is 20.0 Å². The van der Waals surface area contributed by atoms with Crippen molar-refractivity contribution in [3.8, 4) is 5.75 Å². The van der Waals surface area contributed by atoms with Crippen LogP contribution in [0.15, 0.2) is 50.8 Å². The molecule has 2 heterocycles. The van der Waals surface area contributed by atoms with Gasteiger partial charge >= 0.3 is 11.4 Å². The Morgan fingerprint density at radius 2 is 1.73 bits per heavy atom. The summed E-state index contributed by atoms with van der Waals surface area (Å²) in [5, 5.41) is 8.91. The minimum absolute atomic E-state index is 0.0535. The van der Waals surface area contributed by atoms with Crippen LogP contribution in [0.2, 0.25) is 5.02 Å². The summed E-state index contributed by atoms with van der Waals surface area (Å²) in [7, 11) is 1.44. The van der Waals surface area contributed by atoms with Crippen molar-refractivity contribution in [1.82, 2.24) is 24.3 Å². The molecule has 0 bridgehead atoms. The highest BCUT2D eigenvalue weighted by Gasteiger charge is 2.18. The molecule has 0 saturated heterocycles. The number of aromatic amines is 1. The van der Waals surface area contributed by atoms with Crippen molar-refractivity contribution in [3.63, 3.8) is 0 Å². The lowest BCUT2D eigenvalue weighted by Crippen LogP contribution is -2.43. The van der Waals surface area contributed by atoms with Gasteiger partial charge in [0.15, 0.2) is 17.5 Å². The van der Waals surface area contributed by atoms with Gasteiger partial charge in [0.2, 0.25) is 5.95 Å². The van der Waals surface area contributed by atoms with E-state index in [1.54, 1.807) is 13.0 Å². The highest BCUT2D eigenvalue weighted by molar-refractivity contribution is 6.33. The van der Waals surface area contributed by atoms with Gasteiger partial charge in [-0.15, -0.1) is 0 Å². The zero-order valence-electron chi connectivity index (χ0n) is 19.3. The van der Waals surface area contributed by atoms with Gasteiger partial charge in [0.1, 0.15) is 5.75 Å². The summed E-state index contributed by atoms with van der Waals surface area (Å²) in [6, 6.07) is 7.34. The van der Waals surface area contributed by atoms with Crippen molar-refractivity contribution >= 4 is 23.2 Å². The van der Waals surface area contributed by atoms with Gasteiger partial charge in [-0.2, -0.15) is 10.1 Å². The first kappa shape index (κ1) is 25.7. The Labute approximate surface area is 210 Å². The minimum Gasteiger partial charge on any atom is -0.497 e. The maximum Gasteiger partial charge on any atom is 0.355 e. The highest BCUT2D eigenvalue weighted by Crippen LogP contribution is 2.28. The van der Waals surface area contributed by atoms with Crippen LogP contribution in [0, 0.1) is 24.4 Å². The molecule has 2 aromatic carbocycles. The average Bonchev–Trinajstić information content (AvgIpc) is 2.85. The van der Waals surface area contributed by atoms with Crippen LogP contribution in [0.3, 0.4) is 0 Å². The number of anilines is 2. The number of aryl methyl sites for hydroxylation is 1. The summed E-state index contributed by atoms with van der Waals surface area (Å²) in [5.74, 6) is -4.48. The number of halogens is 4. The second-order valence-electron chi connectivity index (χ2n) is 7.88. The standard InChI is InChI=1S/C23H18ClF3N6O4/c1-11-5-13(20(34)31-30-11)10-33-22(35)29-21(28-18-4-3-14(37-2)8-15(18)24)32(23(33)36)9-12-6-16(25)19(27)17(26)7-12/h3-8H,9-10H2,1-2H3,(H,31,34)(H,28,29,35). The van der Waals surface area contributed by atoms with E-state index in [0.29, 0.717) is 28.1 Å². The van der Waals surface area contributed by atoms with Gasteiger partial charge < -0.3 is 10.1 Å². The fourth-order valence-electron chi connectivity index (χ4n) is 3.48. The summed E-state index contributed by atoms with van der Waals surface area (Å²) >= 11 is 6.25. The molecule has 192 valence electrons. The Morgan fingerprint density at radius 1 is 1.03 bits per heavy atom. The number of benzene rings is 2.